The van der Waals surface area contributed by atoms with Crippen LogP contribution in [0.3, 0.4) is 0 Å². The van der Waals surface area contributed by atoms with Crippen LogP contribution in [-0.4, -0.2) is 24.0 Å². The molecule has 6 heteroatoms. The van der Waals surface area contributed by atoms with Gasteiger partial charge in [0.2, 0.25) is 0 Å². The van der Waals surface area contributed by atoms with E-state index in [-0.39, 0.29) is 0 Å². The number of carboxylic acid groups (broad SMARTS) is 2. The van der Waals surface area contributed by atoms with Gasteiger partial charge in [-0.05, 0) is 39.8 Å². The third-order valence-corrected chi connectivity index (χ3v) is 0.576. The number of hydrogen-bond acceptors (Lipinski definition) is 4. The van der Waals surface area contributed by atoms with Crippen molar-refractivity contribution in [2.24, 2.45) is 0 Å². The van der Waals surface area contributed by atoms with Crippen LogP contribution in [0, 0.1) is 0 Å². The number of hydrogen-bond donors (Lipinski definition) is 2. The van der Waals surface area contributed by atoms with Crippen molar-refractivity contribution in [2.75, 3.05) is 0 Å². The highest BCUT2D eigenvalue weighted by Gasteiger charge is 1.72. The molecule has 0 heterocycles. The number of rotatable bonds is 3. The molecule has 0 aromatic heterocycles. The van der Waals surface area contributed by atoms with E-state index in [4.69, 9.17) is 0 Å². The van der Waals surface area contributed by atoms with Gasteiger partial charge in [0, 0.05) is 0 Å². The second kappa shape index (κ2) is 15.3. The molecule has 0 amide bonds. The summed E-state index contributed by atoms with van der Waals surface area (Å²) in [6, 6.07) is 1.17. The quantitative estimate of drug-likeness (QED) is 0.409. The molecule has 0 atom stereocenters. The van der Waals surface area contributed by atoms with E-state index in [2.05, 4.69) is 39.2 Å². The minimum Gasteiger partial charge on any atom is -0.545 e. The Bertz CT molecular complexity index is 238. The lowest BCUT2D eigenvalue weighted by atomic mass is 10.4. The summed E-state index contributed by atoms with van der Waals surface area (Å²) in [5, 5.41) is 19.3. The molecule has 0 rings (SSSR count). The van der Waals surface area contributed by atoms with Gasteiger partial charge in [0.25, 0.3) is 0 Å². The number of aliphatic carboxylic acids is 2. The first-order chi connectivity index (χ1) is 8.09. The van der Waals surface area contributed by atoms with Gasteiger partial charge in [-0.3, -0.25) is 0 Å². The van der Waals surface area contributed by atoms with Crippen molar-refractivity contribution in [3.63, 3.8) is 0 Å². The fraction of sp³-hybridized carbons (Fsp3) is 0.500. The lowest BCUT2D eigenvalue weighted by molar-refractivity contribution is -0.408. The summed E-state index contributed by atoms with van der Waals surface area (Å²) in [5.74, 6) is -2.74. The van der Waals surface area contributed by atoms with Crippen LogP contribution in [-0.2, 0) is 9.59 Å². The first-order valence-electron chi connectivity index (χ1n) is 5.52. The third-order valence-electron chi connectivity index (χ3n) is 0.576. The second-order valence-corrected chi connectivity index (χ2v) is 4.14. The van der Waals surface area contributed by atoms with Gasteiger partial charge in [-0.15, -0.1) is 0 Å². The summed E-state index contributed by atoms with van der Waals surface area (Å²) >= 11 is 0. The predicted octanol–water partition coefficient (Wildman–Crippen LogP) is -3.13. The minimum atomic E-state index is -1.37. The van der Waals surface area contributed by atoms with Crippen LogP contribution in [0.4, 0.5) is 0 Å². The molecule has 0 aromatic carbocycles. The first-order valence-corrected chi connectivity index (χ1v) is 5.52. The minimum absolute atomic E-state index is 0.583. The van der Waals surface area contributed by atoms with E-state index in [0.717, 1.165) is 12.2 Å². The average molecular weight is 260 g/mol. The maximum atomic E-state index is 9.65. The predicted molar refractivity (Wildman–Crippen MR) is 64.3 cm³/mol. The molecule has 0 aromatic rings. The van der Waals surface area contributed by atoms with E-state index >= 15 is 0 Å². The average Bonchev–Trinajstić information content (AvgIpc) is 2.09. The number of carbonyl (C=O) groups is 2. The number of carboxylic acids is 2. The Morgan fingerprint density at radius 1 is 0.833 bits per heavy atom. The van der Waals surface area contributed by atoms with Crippen LogP contribution in [0.5, 0.6) is 0 Å². The summed E-state index contributed by atoms with van der Waals surface area (Å²) in [6.07, 6.45) is 3.48. The smallest absolute Gasteiger partial charge is 0.0786 e. The molecule has 0 aliphatic carbocycles. The molecule has 0 unspecified atom stereocenters. The molecular weight excluding hydrogens is 236 g/mol. The van der Waals surface area contributed by atoms with Crippen LogP contribution in [0.25, 0.3) is 0 Å². The Labute approximate surface area is 108 Å². The molecule has 0 aliphatic heterocycles. The SMILES string of the molecule is CC(C)[NH3+].CC(C)[NH3+].O=C([O-])/C=C\C=C/C(=O)[O-]. The van der Waals surface area contributed by atoms with Gasteiger partial charge in [0.1, 0.15) is 0 Å². The van der Waals surface area contributed by atoms with Crippen molar-refractivity contribution in [1.29, 1.82) is 0 Å². The normalized spacial score (nSPS) is 10.0. The van der Waals surface area contributed by atoms with Crippen LogP contribution in [0.1, 0.15) is 27.7 Å². The van der Waals surface area contributed by atoms with Gasteiger partial charge < -0.3 is 31.3 Å². The lowest BCUT2D eigenvalue weighted by Gasteiger charge is -1.88. The van der Waals surface area contributed by atoms with Crippen LogP contribution in [0.15, 0.2) is 24.3 Å². The monoisotopic (exact) mass is 260 g/mol. The van der Waals surface area contributed by atoms with Crippen molar-refractivity contribution < 1.29 is 31.3 Å². The van der Waals surface area contributed by atoms with E-state index in [1.54, 1.807) is 0 Å². The van der Waals surface area contributed by atoms with Crippen LogP contribution >= 0.6 is 0 Å². The van der Waals surface area contributed by atoms with E-state index in [0.29, 0.717) is 24.2 Å². The Hall–Kier alpha value is -1.66. The number of allylic oxidation sites excluding steroid dienone is 2. The summed E-state index contributed by atoms with van der Waals surface area (Å²) in [6.45, 7) is 8.22. The fourth-order valence-corrected chi connectivity index (χ4v) is 0.268. The zero-order valence-corrected chi connectivity index (χ0v) is 11.5. The largest absolute Gasteiger partial charge is 0.545 e. The highest BCUT2D eigenvalue weighted by atomic mass is 16.4. The topological polar surface area (TPSA) is 136 Å². The molecular formula is C12H24N2O4. The van der Waals surface area contributed by atoms with Crippen molar-refractivity contribution in [3.8, 4) is 0 Å². The number of quaternary nitrogens is 2. The molecule has 6 N–H and O–H groups in total. The maximum absolute atomic E-state index is 9.65. The Morgan fingerprint density at radius 3 is 1.11 bits per heavy atom. The third kappa shape index (κ3) is 89.5. The molecule has 0 saturated heterocycles. The summed E-state index contributed by atoms with van der Waals surface area (Å²) < 4.78 is 0. The molecule has 18 heavy (non-hydrogen) atoms. The fourth-order valence-electron chi connectivity index (χ4n) is 0.268. The van der Waals surface area contributed by atoms with Crippen molar-refractivity contribution in [1.82, 2.24) is 0 Å². The summed E-state index contributed by atoms with van der Waals surface area (Å²) in [5.41, 5.74) is 7.28. The van der Waals surface area contributed by atoms with E-state index in [1.807, 2.05) is 0 Å². The van der Waals surface area contributed by atoms with Gasteiger partial charge in [-0.25, -0.2) is 0 Å². The van der Waals surface area contributed by atoms with Gasteiger partial charge in [0.05, 0.1) is 24.0 Å². The lowest BCUT2D eigenvalue weighted by Crippen LogP contribution is -2.57. The van der Waals surface area contributed by atoms with Gasteiger partial charge in [-0.2, -0.15) is 0 Å². The highest BCUT2D eigenvalue weighted by Crippen LogP contribution is 1.74. The Balaban J connectivity index is -0.000000233. The standard InChI is InChI=1S/C6H6O4.2C3H9N/c7-5(8)3-1-2-4-6(9)10;2*1-3(2)4/h1-4H,(H,7,8)(H,9,10);2*3H,4H2,1-2H3/b3-1-,4-2-;;. The molecule has 0 fully saturated rings. The van der Waals surface area contributed by atoms with Crippen molar-refractivity contribution in [2.45, 2.75) is 39.8 Å². The molecule has 0 spiro atoms. The second-order valence-electron chi connectivity index (χ2n) is 4.14. The van der Waals surface area contributed by atoms with E-state index in [9.17, 15) is 19.8 Å². The molecule has 0 saturated carbocycles. The highest BCUT2D eigenvalue weighted by molar-refractivity contribution is 5.80. The Morgan fingerprint density at radius 2 is 1.00 bits per heavy atom. The zero-order chi connectivity index (χ0) is 15.1. The molecule has 6 nitrogen and oxygen atoms in total. The zero-order valence-electron chi connectivity index (χ0n) is 11.5. The molecule has 0 radical (unpaired) electrons. The van der Waals surface area contributed by atoms with E-state index < -0.39 is 11.9 Å². The van der Waals surface area contributed by atoms with E-state index in [1.165, 1.54) is 0 Å². The van der Waals surface area contributed by atoms with Gasteiger partial charge in [-0.1, -0.05) is 12.2 Å². The van der Waals surface area contributed by atoms with Gasteiger partial charge >= 0.3 is 0 Å². The van der Waals surface area contributed by atoms with Gasteiger partial charge in [0.15, 0.2) is 0 Å². The van der Waals surface area contributed by atoms with Crippen molar-refractivity contribution >= 4 is 11.9 Å². The van der Waals surface area contributed by atoms with Crippen molar-refractivity contribution in [3.05, 3.63) is 24.3 Å². The molecule has 106 valence electrons. The summed E-state index contributed by atoms with van der Waals surface area (Å²) in [7, 11) is 0. The van der Waals surface area contributed by atoms with Crippen LogP contribution < -0.4 is 21.7 Å². The number of carbonyl (C=O) groups excluding carboxylic acids is 2. The molecule has 0 bridgehead atoms. The summed E-state index contributed by atoms with van der Waals surface area (Å²) in [4.78, 5) is 19.3. The Kier molecular flexibility index (Phi) is 18.4. The molecule has 0 aliphatic rings. The maximum Gasteiger partial charge on any atom is 0.0786 e. The first kappa shape index (κ1) is 21.6. The van der Waals surface area contributed by atoms with Crippen LogP contribution in [0.2, 0.25) is 0 Å².